The molecule has 0 saturated heterocycles. The van der Waals surface area contributed by atoms with Crippen LogP contribution in [0.4, 0.5) is 0 Å². The van der Waals surface area contributed by atoms with E-state index in [0.29, 0.717) is 18.6 Å². The molecule has 1 rings (SSSR count). The average Bonchev–Trinajstić information content (AvgIpc) is 2.30. The summed E-state index contributed by atoms with van der Waals surface area (Å²) in [6.07, 6.45) is 1.67. The molecule has 1 aromatic carbocycles. The lowest BCUT2D eigenvalue weighted by Gasteiger charge is -2.03. The summed E-state index contributed by atoms with van der Waals surface area (Å²) in [7, 11) is 0. The van der Waals surface area contributed by atoms with Crippen LogP contribution in [0.5, 0.6) is 0 Å². The van der Waals surface area contributed by atoms with Crippen LogP contribution in [0.1, 0.15) is 24.8 Å². The first-order valence-corrected chi connectivity index (χ1v) is 5.18. The van der Waals surface area contributed by atoms with Gasteiger partial charge in [0.25, 0.3) is 0 Å². The van der Waals surface area contributed by atoms with Crippen molar-refractivity contribution in [2.24, 2.45) is 5.16 Å². The minimum absolute atomic E-state index is 0.00812. The summed E-state index contributed by atoms with van der Waals surface area (Å²) in [5.74, 6) is -0.874. The summed E-state index contributed by atoms with van der Waals surface area (Å²) >= 11 is 0. The summed E-state index contributed by atoms with van der Waals surface area (Å²) in [6, 6.07) is 9.82. The Hall–Kier alpha value is -1.84. The lowest BCUT2D eigenvalue weighted by Crippen LogP contribution is -2.05. The molecule has 16 heavy (non-hydrogen) atoms. The van der Waals surface area contributed by atoms with Gasteiger partial charge in [-0.25, -0.2) is 0 Å². The fourth-order valence-corrected chi connectivity index (χ4v) is 1.41. The Kier molecular flexibility index (Phi) is 5.05. The molecule has 0 fully saturated rings. The summed E-state index contributed by atoms with van der Waals surface area (Å²) in [5, 5.41) is 20.3. The van der Waals surface area contributed by atoms with Crippen molar-refractivity contribution in [3.63, 3.8) is 0 Å². The molecule has 1 aromatic rings. The van der Waals surface area contributed by atoms with Gasteiger partial charge in [-0.3, -0.25) is 4.79 Å². The zero-order valence-corrected chi connectivity index (χ0v) is 8.97. The number of carboxylic acid groups (broad SMARTS) is 1. The third kappa shape index (κ3) is 4.59. The molecule has 0 amide bonds. The van der Waals surface area contributed by atoms with Crippen LogP contribution in [-0.2, 0) is 11.2 Å². The molecule has 0 unspecified atom stereocenters. The van der Waals surface area contributed by atoms with Crippen LogP contribution in [0.15, 0.2) is 35.5 Å². The van der Waals surface area contributed by atoms with Crippen LogP contribution in [0.2, 0.25) is 0 Å². The number of rotatable bonds is 6. The first-order chi connectivity index (χ1) is 7.72. The molecule has 2 N–H and O–H groups in total. The van der Waals surface area contributed by atoms with E-state index in [1.54, 1.807) is 0 Å². The van der Waals surface area contributed by atoms with E-state index < -0.39 is 5.97 Å². The van der Waals surface area contributed by atoms with Gasteiger partial charge in [-0.1, -0.05) is 35.5 Å². The Morgan fingerprint density at radius 1 is 1.12 bits per heavy atom. The topological polar surface area (TPSA) is 69.9 Å². The summed E-state index contributed by atoms with van der Waals surface area (Å²) < 4.78 is 0. The predicted molar refractivity (Wildman–Crippen MR) is 60.9 cm³/mol. The van der Waals surface area contributed by atoms with Crippen LogP contribution in [0.3, 0.4) is 0 Å². The largest absolute Gasteiger partial charge is 0.481 e. The molecule has 0 spiro atoms. The Morgan fingerprint density at radius 2 is 1.81 bits per heavy atom. The van der Waals surface area contributed by atoms with Gasteiger partial charge in [0.15, 0.2) is 0 Å². The van der Waals surface area contributed by atoms with Gasteiger partial charge in [0.1, 0.15) is 0 Å². The van der Waals surface area contributed by atoms with E-state index >= 15 is 0 Å². The molecule has 0 atom stereocenters. The highest BCUT2D eigenvalue weighted by atomic mass is 16.4. The molecule has 0 saturated carbocycles. The van der Waals surface area contributed by atoms with Gasteiger partial charge in [0.05, 0.1) is 12.1 Å². The van der Waals surface area contributed by atoms with Crippen molar-refractivity contribution in [3.8, 4) is 0 Å². The molecular formula is C12H15NO3. The van der Waals surface area contributed by atoms with Crippen molar-refractivity contribution in [2.75, 3.05) is 0 Å². The quantitative estimate of drug-likeness (QED) is 0.440. The third-order valence-corrected chi connectivity index (χ3v) is 2.31. The molecule has 4 nitrogen and oxygen atoms in total. The van der Waals surface area contributed by atoms with E-state index in [0.717, 1.165) is 12.0 Å². The van der Waals surface area contributed by atoms with E-state index in [-0.39, 0.29) is 6.42 Å². The molecule has 0 aliphatic heterocycles. The minimum atomic E-state index is -0.874. The van der Waals surface area contributed by atoms with E-state index in [1.165, 1.54) is 0 Å². The number of nitrogens with zero attached hydrogens (tertiary/aromatic N) is 1. The molecule has 86 valence electrons. The SMILES string of the molecule is O=C(O)CC/C(CCc1ccccc1)=N\O. The second-order valence-electron chi connectivity index (χ2n) is 3.55. The predicted octanol–water partition coefficient (Wildman–Crippen LogP) is 2.31. The van der Waals surface area contributed by atoms with Crippen molar-refractivity contribution >= 4 is 11.7 Å². The molecule has 0 bridgehead atoms. The third-order valence-electron chi connectivity index (χ3n) is 2.31. The smallest absolute Gasteiger partial charge is 0.303 e. The number of carboxylic acids is 1. The van der Waals surface area contributed by atoms with Crippen molar-refractivity contribution in [2.45, 2.75) is 25.7 Å². The Bertz CT molecular complexity index is 360. The maximum Gasteiger partial charge on any atom is 0.303 e. The normalized spacial score (nSPS) is 11.4. The van der Waals surface area contributed by atoms with Crippen LogP contribution in [0.25, 0.3) is 0 Å². The Morgan fingerprint density at radius 3 is 2.38 bits per heavy atom. The number of benzene rings is 1. The Balaban J connectivity index is 2.38. The van der Waals surface area contributed by atoms with Gasteiger partial charge in [-0.2, -0.15) is 0 Å². The molecule has 0 aliphatic rings. The summed E-state index contributed by atoms with van der Waals surface area (Å²) in [5.41, 5.74) is 1.69. The monoisotopic (exact) mass is 221 g/mol. The van der Waals surface area contributed by atoms with Crippen LogP contribution in [0, 0.1) is 0 Å². The molecule has 4 heteroatoms. The fourth-order valence-electron chi connectivity index (χ4n) is 1.41. The summed E-state index contributed by atoms with van der Waals surface area (Å²) in [4.78, 5) is 10.4. The number of aryl methyl sites for hydroxylation is 1. The fraction of sp³-hybridized carbons (Fsp3) is 0.333. The second-order valence-corrected chi connectivity index (χ2v) is 3.55. The van der Waals surface area contributed by atoms with E-state index in [9.17, 15) is 4.79 Å². The van der Waals surface area contributed by atoms with Crippen LogP contribution >= 0.6 is 0 Å². The lowest BCUT2D eigenvalue weighted by atomic mass is 10.0. The standard InChI is InChI=1S/C12H15NO3/c14-12(15)9-8-11(13-16)7-6-10-4-2-1-3-5-10/h1-5,16H,6-9H2,(H,14,15)/b13-11-. The molecule has 0 heterocycles. The van der Waals surface area contributed by atoms with Gasteiger partial charge in [-0.15, -0.1) is 0 Å². The second kappa shape index (κ2) is 6.61. The van der Waals surface area contributed by atoms with Gasteiger partial charge < -0.3 is 10.3 Å². The number of hydrogen-bond acceptors (Lipinski definition) is 3. The zero-order chi connectivity index (χ0) is 11.8. The van der Waals surface area contributed by atoms with Crippen molar-refractivity contribution in [3.05, 3.63) is 35.9 Å². The first kappa shape index (κ1) is 12.2. The zero-order valence-electron chi connectivity index (χ0n) is 8.97. The molecule has 0 radical (unpaired) electrons. The highest BCUT2D eigenvalue weighted by Crippen LogP contribution is 2.06. The van der Waals surface area contributed by atoms with Gasteiger partial charge in [0, 0.05) is 0 Å². The van der Waals surface area contributed by atoms with E-state index in [2.05, 4.69) is 5.16 Å². The number of hydrogen-bond donors (Lipinski definition) is 2. The van der Waals surface area contributed by atoms with E-state index in [1.807, 2.05) is 30.3 Å². The van der Waals surface area contributed by atoms with Crippen molar-refractivity contribution in [1.29, 1.82) is 0 Å². The minimum Gasteiger partial charge on any atom is -0.481 e. The highest BCUT2D eigenvalue weighted by Gasteiger charge is 2.04. The molecule has 0 aliphatic carbocycles. The number of aliphatic carboxylic acids is 1. The summed E-state index contributed by atoms with van der Waals surface area (Å²) in [6.45, 7) is 0. The maximum atomic E-state index is 10.4. The molecule has 0 aromatic heterocycles. The van der Waals surface area contributed by atoms with Gasteiger partial charge in [-0.05, 0) is 24.8 Å². The maximum absolute atomic E-state index is 10.4. The van der Waals surface area contributed by atoms with Crippen molar-refractivity contribution < 1.29 is 15.1 Å². The lowest BCUT2D eigenvalue weighted by molar-refractivity contribution is -0.136. The highest BCUT2D eigenvalue weighted by molar-refractivity contribution is 5.86. The number of carbonyl (C=O) groups is 1. The van der Waals surface area contributed by atoms with E-state index in [4.69, 9.17) is 10.3 Å². The Labute approximate surface area is 94.2 Å². The first-order valence-electron chi connectivity index (χ1n) is 5.18. The van der Waals surface area contributed by atoms with Gasteiger partial charge >= 0.3 is 5.97 Å². The average molecular weight is 221 g/mol. The number of oxime groups is 1. The molecular weight excluding hydrogens is 206 g/mol. The van der Waals surface area contributed by atoms with Crippen LogP contribution < -0.4 is 0 Å². The van der Waals surface area contributed by atoms with Crippen LogP contribution in [-0.4, -0.2) is 22.0 Å². The van der Waals surface area contributed by atoms with Gasteiger partial charge in [0.2, 0.25) is 0 Å². The van der Waals surface area contributed by atoms with Crippen molar-refractivity contribution in [1.82, 2.24) is 0 Å².